The van der Waals surface area contributed by atoms with E-state index in [1.54, 1.807) is 24.5 Å². The number of ether oxygens (including phenoxy) is 2. The summed E-state index contributed by atoms with van der Waals surface area (Å²) in [5.74, 6) is -0.536. The van der Waals surface area contributed by atoms with E-state index in [0.29, 0.717) is 23.0 Å². The number of carbonyl (C=O) groups is 2. The van der Waals surface area contributed by atoms with E-state index in [1.165, 1.54) is 11.8 Å². The van der Waals surface area contributed by atoms with Crippen LogP contribution < -0.4 is 5.32 Å². The number of rotatable bonds is 11. The normalized spacial score (nSPS) is 19.3. The zero-order valence-electron chi connectivity index (χ0n) is 20.2. The predicted molar refractivity (Wildman–Crippen MR) is 138 cm³/mol. The third-order valence-corrected chi connectivity index (χ3v) is 6.80. The fourth-order valence-electron chi connectivity index (χ4n) is 3.94. The van der Waals surface area contributed by atoms with E-state index >= 15 is 0 Å². The average Bonchev–Trinajstić information content (AvgIpc) is 2.92. The van der Waals surface area contributed by atoms with Crippen molar-refractivity contribution >= 4 is 29.3 Å². The Kier molecular flexibility index (Phi) is 9.61. The highest BCUT2D eigenvalue weighted by molar-refractivity contribution is 7.99. The van der Waals surface area contributed by atoms with Crippen LogP contribution >= 0.6 is 11.8 Å². The largest absolute Gasteiger partial charge is 0.481 e. The second kappa shape index (κ2) is 13.3. The number of hydrogen-bond acceptors (Lipinski definition) is 8. The van der Waals surface area contributed by atoms with Gasteiger partial charge in [-0.05, 0) is 35.7 Å². The Labute approximate surface area is 219 Å². The number of carboxylic acid groups (broad SMARTS) is 1. The zero-order chi connectivity index (χ0) is 26.0. The van der Waals surface area contributed by atoms with E-state index < -0.39 is 12.3 Å². The lowest BCUT2D eigenvalue weighted by Crippen LogP contribution is -2.31. The molecule has 1 aliphatic rings. The number of nitrogens with one attached hydrogen (secondary N) is 1. The molecule has 0 aliphatic carbocycles. The molecule has 10 heteroatoms. The van der Waals surface area contributed by atoms with Crippen molar-refractivity contribution in [3.8, 4) is 0 Å². The lowest BCUT2D eigenvalue weighted by atomic mass is 10.0. The summed E-state index contributed by atoms with van der Waals surface area (Å²) >= 11 is 1.51. The number of aromatic nitrogens is 2. The molecule has 37 heavy (non-hydrogen) atoms. The number of nitrogens with zero attached hydrogens (tertiary/aromatic N) is 2. The molecule has 9 nitrogen and oxygen atoms in total. The number of thioether (sulfide) groups is 1. The molecule has 0 bridgehead atoms. The number of anilines is 1. The number of aliphatic hydroxyl groups is 1. The van der Waals surface area contributed by atoms with E-state index in [-0.39, 0.29) is 44.0 Å². The van der Waals surface area contributed by atoms with Crippen molar-refractivity contribution in [1.82, 2.24) is 9.97 Å². The first kappa shape index (κ1) is 26.7. The topological polar surface area (TPSA) is 131 Å². The van der Waals surface area contributed by atoms with Gasteiger partial charge in [-0.3, -0.25) is 9.59 Å². The van der Waals surface area contributed by atoms with Gasteiger partial charge in [0, 0.05) is 48.7 Å². The van der Waals surface area contributed by atoms with Crippen LogP contribution in [-0.2, 0) is 25.7 Å². The maximum atomic E-state index is 12.2. The fourth-order valence-corrected chi connectivity index (χ4v) is 4.76. The summed E-state index contributed by atoms with van der Waals surface area (Å²) in [6.07, 6.45) is 3.35. The first-order valence-electron chi connectivity index (χ1n) is 12.0. The van der Waals surface area contributed by atoms with Crippen molar-refractivity contribution in [2.24, 2.45) is 0 Å². The number of amides is 1. The Morgan fingerprint density at radius 2 is 1.78 bits per heavy atom. The molecule has 0 radical (unpaired) electrons. The molecule has 1 fully saturated rings. The molecule has 1 aromatic heterocycles. The van der Waals surface area contributed by atoms with Gasteiger partial charge in [0.15, 0.2) is 11.4 Å². The SMILES string of the molecule is O=C(O)CCCC(=O)Nc1cccc([C@H]2O[C@@H](CSc3ncccn3)C[C@@H](c3ccc(CO)cc3)O2)c1. The summed E-state index contributed by atoms with van der Waals surface area (Å²) < 4.78 is 12.7. The summed E-state index contributed by atoms with van der Waals surface area (Å²) in [4.78, 5) is 31.5. The molecule has 1 saturated heterocycles. The van der Waals surface area contributed by atoms with Gasteiger partial charge in [0.2, 0.25) is 5.91 Å². The molecule has 4 rings (SSSR count). The van der Waals surface area contributed by atoms with Gasteiger partial charge in [-0.15, -0.1) is 0 Å². The lowest BCUT2D eigenvalue weighted by molar-refractivity contribution is -0.245. The summed E-state index contributed by atoms with van der Waals surface area (Å²) in [6.45, 7) is -0.0251. The Hall–Kier alpha value is -3.31. The van der Waals surface area contributed by atoms with Crippen LogP contribution in [0.15, 0.2) is 72.1 Å². The number of hydrogen-bond donors (Lipinski definition) is 3. The van der Waals surface area contributed by atoms with Gasteiger partial charge in [0.05, 0.1) is 18.8 Å². The summed E-state index contributed by atoms with van der Waals surface area (Å²) in [5.41, 5.74) is 3.15. The zero-order valence-corrected chi connectivity index (χ0v) is 21.0. The van der Waals surface area contributed by atoms with Crippen LogP contribution in [0.2, 0.25) is 0 Å². The molecular weight excluding hydrogens is 494 g/mol. The third kappa shape index (κ3) is 8.09. The van der Waals surface area contributed by atoms with Crippen LogP contribution in [0.3, 0.4) is 0 Å². The molecule has 0 saturated carbocycles. The quantitative estimate of drug-likeness (QED) is 0.246. The van der Waals surface area contributed by atoms with E-state index in [1.807, 2.05) is 42.5 Å². The van der Waals surface area contributed by atoms with Crippen LogP contribution in [0, 0.1) is 0 Å². The third-order valence-electron chi connectivity index (χ3n) is 5.79. The van der Waals surface area contributed by atoms with Crippen molar-refractivity contribution in [1.29, 1.82) is 0 Å². The smallest absolute Gasteiger partial charge is 0.303 e. The van der Waals surface area contributed by atoms with E-state index in [0.717, 1.165) is 16.7 Å². The highest BCUT2D eigenvalue weighted by Crippen LogP contribution is 2.39. The number of aliphatic carboxylic acids is 1. The first-order valence-corrected chi connectivity index (χ1v) is 13.0. The molecule has 194 valence electrons. The van der Waals surface area contributed by atoms with Gasteiger partial charge in [0.25, 0.3) is 0 Å². The summed E-state index contributed by atoms with van der Waals surface area (Å²) in [5, 5.41) is 21.7. The van der Waals surface area contributed by atoms with Crippen LogP contribution in [-0.4, -0.2) is 43.9 Å². The number of carboxylic acids is 1. The predicted octanol–water partition coefficient (Wildman–Crippen LogP) is 4.50. The van der Waals surface area contributed by atoms with Gasteiger partial charge in [-0.2, -0.15) is 0 Å². The van der Waals surface area contributed by atoms with Crippen molar-refractivity contribution in [3.63, 3.8) is 0 Å². The standard InChI is InChI=1S/C27H29N3O6S/c31-16-18-8-10-19(11-9-18)23-15-22(17-37-27-28-12-3-13-29-27)35-26(36-23)20-4-1-5-21(14-20)30-24(32)6-2-7-25(33)34/h1,3-5,8-14,22-23,26,31H,2,6-7,15-17H2,(H,30,32)(H,33,34)/t22-,23+,26+/m1/s1. The van der Waals surface area contributed by atoms with E-state index in [4.69, 9.17) is 14.6 Å². The molecule has 1 amide bonds. The minimum Gasteiger partial charge on any atom is -0.481 e. The average molecular weight is 524 g/mol. The molecule has 3 aromatic rings. The molecular formula is C27H29N3O6S. The Morgan fingerprint density at radius 1 is 1.00 bits per heavy atom. The van der Waals surface area contributed by atoms with Crippen molar-refractivity contribution in [3.05, 3.63) is 83.7 Å². The number of benzene rings is 2. The maximum absolute atomic E-state index is 12.2. The van der Waals surface area contributed by atoms with Crippen molar-refractivity contribution in [2.75, 3.05) is 11.1 Å². The van der Waals surface area contributed by atoms with E-state index in [9.17, 15) is 14.7 Å². The van der Waals surface area contributed by atoms with Crippen LogP contribution in [0.4, 0.5) is 5.69 Å². The van der Waals surface area contributed by atoms with Crippen molar-refractivity contribution < 1.29 is 29.3 Å². The fraction of sp³-hybridized carbons (Fsp3) is 0.333. The molecule has 0 unspecified atom stereocenters. The molecule has 2 heterocycles. The van der Waals surface area contributed by atoms with Gasteiger partial charge >= 0.3 is 5.97 Å². The first-order chi connectivity index (χ1) is 18.0. The maximum Gasteiger partial charge on any atom is 0.303 e. The number of aliphatic hydroxyl groups excluding tert-OH is 1. The molecule has 0 spiro atoms. The monoisotopic (exact) mass is 523 g/mol. The second-order valence-corrected chi connectivity index (χ2v) is 9.60. The van der Waals surface area contributed by atoms with E-state index in [2.05, 4.69) is 15.3 Å². The highest BCUT2D eigenvalue weighted by Gasteiger charge is 2.32. The summed E-state index contributed by atoms with van der Waals surface area (Å²) in [7, 11) is 0. The van der Waals surface area contributed by atoms with Gasteiger partial charge < -0.3 is 25.0 Å². The van der Waals surface area contributed by atoms with Gasteiger partial charge in [-0.1, -0.05) is 48.2 Å². The van der Waals surface area contributed by atoms with Gasteiger partial charge in [0.1, 0.15) is 0 Å². The molecule has 1 aliphatic heterocycles. The highest BCUT2D eigenvalue weighted by atomic mass is 32.2. The van der Waals surface area contributed by atoms with Crippen LogP contribution in [0.1, 0.15) is 54.8 Å². The van der Waals surface area contributed by atoms with Crippen molar-refractivity contribution in [2.45, 2.75) is 55.9 Å². The van der Waals surface area contributed by atoms with Crippen LogP contribution in [0.5, 0.6) is 0 Å². The molecule has 2 aromatic carbocycles. The molecule has 3 atom stereocenters. The Morgan fingerprint density at radius 3 is 2.51 bits per heavy atom. The second-order valence-electron chi connectivity index (χ2n) is 8.61. The minimum atomic E-state index is -0.923. The minimum absolute atomic E-state index is 0.0251. The Balaban J connectivity index is 1.48. The Bertz CT molecular complexity index is 1180. The van der Waals surface area contributed by atoms with Gasteiger partial charge in [-0.25, -0.2) is 9.97 Å². The summed E-state index contributed by atoms with van der Waals surface area (Å²) in [6, 6.07) is 16.7. The number of carbonyl (C=O) groups excluding carboxylic acids is 1. The molecule has 3 N–H and O–H groups in total. The lowest BCUT2D eigenvalue weighted by Gasteiger charge is -2.36. The van der Waals surface area contributed by atoms with Crippen LogP contribution in [0.25, 0.3) is 0 Å².